The summed E-state index contributed by atoms with van der Waals surface area (Å²) in [5.74, 6) is 6.10. The Hall–Kier alpha value is -0.260. The minimum atomic E-state index is 0.910. The van der Waals surface area contributed by atoms with Crippen LogP contribution in [-0.4, -0.2) is 0 Å². The van der Waals surface area contributed by atoms with E-state index in [9.17, 15) is 0 Å². The quantitative estimate of drug-likeness (QED) is 0.322. The lowest BCUT2D eigenvalue weighted by atomic mass is 9.66. The summed E-state index contributed by atoms with van der Waals surface area (Å²) < 4.78 is 0. The summed E-state index contributed by atoms with van der Waals surface area (Å²) >= 11 is 0. The number of allylic oxidation sites excluding steroid dienone is 2. The van der Waals surface area contributed by atoms with Crippen molar-refractivity contribution in [2.24, 2.45) is 35.5 Å². The smallest absolute Gasteiger partial charge is 0.0205 e. The van der Waals surface area contributed by atoms with Gasteiger partial charge in [0.05, 0.1) is 0 Å². The zero-order valence-corrected chi connectivity index (χ0v) is 17.2. The molecule has 3 aliphatic rings. The molecule has 3 rings (SSSR count). The molecular formula is C25H44. The van der Waals surface area contributed by atoms with Crippen LogP contribution in [0.5, 0.6) is 0 Å². The fraction of sp³-hybridized carbons (Fsp3) is 0.920. The third-order valence-electron chi connectivity index (χ3n) is 8.24. The third-order valence-corrected chi connectivity index (χ3v) is 8.24. The van der Waals surface area contributed by atoms with Gasteiger partial charge in [-0.25, -0.2) is 0 Å². The Morgan fingerprint density at radius 2 is 1.28 bits per heavy atom. The highest BCUT2D eigenvalue weighted by Crippen LogP contribution is 2.45. The van der Waals surface area contributed by atoms with E-state index in [0.717, 1.165) is 35.5 Å². The zero-order chi connectivity index (χ0) is 17.5. The van der Waals surface area contributed by atoms with Gasteiger partial charge >= 0.3 is 0 Å². The Kier molecular flexibility index (Phi) is 7.93. The average molecular weight is 345 g/mol. The molecule has 2 fully saturated rings. The Balaban J connectivity index is 1.37. The molecule has 0 spiro atoms. The maximum atomic E-state index is 2.65. The largest absolute Gasteiger partial charge is 0.0851 e. The first kappa shape index (κ1) is 19.5. The molecule has 0 bridgehead atoms. The lowest BCUT2D eigenvalue weighted by molar-refractivity contribution is 0.128. The molecule has 0 N–H and O–H groups in total. The molecule has 144 valence electrons. The first-order valence-electron chi connectivity index (χ1n) is 12.0. The Morgan fingerprint density at radius 3 is 1.84 bits per heavy atom. The molecule has 25 heavy (non-hydrogen) atoms. The highest BCUT2D eigenvalue weighted by molar-refractivity contribution is 5.01. The van der Waals surface area contributed by atoms with Crippen molar-refractivity contribution in [1.29, 1.82) is 0 Å². The Bertz CT molecular complexity index is 379. The van der Waals surface area contributed by atoms with Gasteiger partial charge in [0.1, 0.15) is 0 Å². The van der Waals surface area contributed by atoms with E-state index in [-0.39, 0.29) is 0 Å². The van der Waals surface area contributed by atoms with Crippen molar-refractivity contribution in [3.63, 3.8) is 0 Å². The number of unbranched alkanes of at least 4 members (excludes halogenated alkanes) is 2. The summed E-state index contributed by atoms with van der Waals surface area (Å²) in [5.41, 5.74) is 0. The molecular weight excluding hydrogens is 300 g/mol. The van der Waals surface area contributed by atoms with Crippen molar-refractivity contribution >= 4 is 0 Å². The Labute approximate surface area is 158 Å². The molecule has 0 nitrogen and oxygen atoms in total. The van der Waals surface area contributed by atoms with Crippen molar-refractivity contribution < 1.29 is 0 Å². The van der Waals surface area contributed by atoms with E-state index in [2.05, 4.69) is 26.0 Å². The van der Waals surface area contributed by atoms with Crippen LogP contribution in [0.25, 0.3) is 0 Å². The van der Waals surface area contributed by atoms with Crippen LogP contribution < -0.4 is 0 Å². The minimum Gasteiger partial charge on any atom is -0.0851 e. The van der Waals surface area contributed by atoms with Gasteiger partial charge in [0.25, 0.3) is 0 Å². The maximum absolute atomic E-state index is 2.65. The van der Waals surface area contributed by atoms with Gasteiger partial charge in [-0.3, -0.25) is 0 Å². The van der Waals surface area contributed by atoms with E-state index in [4.69, 9.17) is 0 Å². The second-order valence-electron chi connectivity index (χ2n) is 9.75. The zero-order valence-electron chi connectivity index (χ0n) is 17.2. The molecule has 0 amide bonds. The molecule has 0 saturated heterocycles. The van der Waals surface area contributed by atoms with Gasteiger partial charge in [-0.2, -0.15) is 0 Å². The SMILES string of the molecule is CCCCCC1C=CC(C2CCC(C3CCC(CC)CC3)CC2)CC1. The maximum Gasteiger partial charge on any atom is -0.0205 e. The normalized spacial score (nSPS) is 39.4. The number of hydrogen-bond donors (Lipinski definition) is 0. The van der Waals surface area contributed by atoms with Gasteiger partial charge in [0, 0.05) is 0 Å². The summed E-state index contributed by atoms with van der Waals surface area (Å²) in [6.45, 7) is 4.71. The molecule has 3 aliphatic carbocycles. The second-order valence-corrected chi connectivity index (χ2v) is 9.75. The van der Waals surface area contributed by atoms with E-state index in [1.165, 1.54) is 70.6 Å². The molecule has 0 aromatic heterocycles. The monoisotopic (exact) mass is 344 g/mol. The van der Waals surface area contributed by atoms with Crippen LogP contribution in [0.2, 0.25) is 0 Å². The molecule has 2 atom stereocenters. The van der Waals surface area contributed by atoms with Crippen LogP contribution in [-0.2, 0) is 0 Å². The second kappa shape index (κ2) is 10.2. The van der Waals surface area contributed by atoms with E-state index < -0.39 is 0 Å². The molecule has 0 aromatic carbocycles. The van der Waals surface area contributed by atoms with Crippen molar-refractivity contribution in [3.8, 4) is 0 Å². The van der Waals surface area contributed by atoms with Gasteiger partial charge in [-0.1, -0.05) is 64.5 Å². The molecule has 0 radical (unpaired) electrons. The summed E-state index contributed by atoms with van der Waals surface area (Å²) in [7, 11) is 0. The fourth-order valence-electron chi connectivity index (χ4n) is 6.30. The van der Waals surface area contributed by atoms with Crippen LogP contribution in [0, 0.1) is 35.5 Å². The molecule has 0 heterocycles. The topological polar surface area (TPSA) is 0 Å². The molecule has 2 unspecified atom stereocenters. The first-order valence-corrected chi connectivity index (χ1v) is 12.0. The minimum absolute atomic E-state index is 0.910. The van der Waals surface area contributed by atoms with Gasteiger partial charge < -0.3 is 0 Å². The van der Waals surface area contributed by atoms with Gasteiger partial charge in [0.2, 0.25) is 0 Å². The average Bonchev–Trinajstić information content (AvgIpc) is 2.69. The number of hydrogen-bond acceptors (Lipinski definition) is 0. The summed E-state index contributed by atoms with van der Waals surface area (Å²) in [4.78, 5) is 0. The summed E-state index contributed by atoms with van der Waals surface area (Å²) in [5, 5.41) is 0. The van der Waals surface area contributed by atoms with Crippen molar-refractivity contribution in [3.05, 3.63) is 12.2 Å². The molecule has 2 saturated carbocycles. The molecule has 0 heteroatoms. The molecule has 0 aromatic rings. The predicted octanol–water partition coefficient (Wildman–Crippen LogP) is 8.17. The van der Waals surface area contributed by atoms with Crippen LogP contribution >= 0.6 is 0 Å². The van der Waals surface area contributed by atoms with E-state index in [1.54, 1.807) is 25.7 Å². The summed E-state index contributed by atoms with van der Waals surface area (Å²) in [6, 6.07) is 0. The van der Waals surface area contributed by atoms with Gasteiger partial charge in [0.15, 0.2) is 0 Å². The van der Waals surface area contributed by atoms with Crippen molar-refractivity contribution in [2.45, 2.75) is 110 Å². The highest BCUT2D eigenvalue weighted by atomic mass is 14.4. The van der Waals surface area contributed by atoms with Crippen LogP contribution in [0.3, 0.4) is 0 Å². The Morgan fingerprint density at radius 1 is 0.640 bits per heavy atom. The third kappa shape index (κ3) is 5.61. The lowest BCUT2D eigenvalue weighted by Crippen LogP contribution is -2.28. The molecule has 0 aliphatic heterocycles. The van der Waals surface area contributed by atoms with Crippen LogP contribution in [0.4, 0.5) is 0 Å². The van der Waals surface area contributed by atoms with E-state index in [0.29, 0.717) is 0 Å². The first-order chi connectivity index (χ1) is 12.3. The van der Waals surface area contributed by atoms with Crippen molar-refractivity contribution in [2.75, 3.05) is 0 Å². The van der Waals surface area contributed by atoms with Crippen LogP contribution in [0.15, 0.2) is 12.2 Å². The van der Waals surface area contributed by atoms with E-state index in [1.807, 2.05) is 0 Å². The highest BCUT2D eigenvalue weighted by Gasteiger charge is 2.33. The van der Waals surface area contributed by atoms with E-state index >= 15 is 0 Å². The van der Waals surface area contributed by atoms with Crippen molar-refractivity contribution in [1.82, 2.24) is 0 Å². The fourth-order valence-corrected chi connectivity index (χ4v) is 6.30. The number of rotatable bonds is 7. The lowest BCUT2D eigenvalue weighted by Gasteiger charge is -2.40. The van der Waals surface area contributed by atoms with Gasteiger partial charge in [-0.05, 0) is 93.3 Å². The standard InChI is InChI=1S/C25H44/c1-3-5-6-7-21-10-14-23(15-11-21)25-18-16-24(17-19-25)22-12-8-20(4-2)9-13-22/h10,14,20-25H,3-9,11-13,15-19H2,1-2H3. The van der Waals surface area contributed by atoms with Gasteiger partial charge in [-0.15, -0.1) is 0 Å². The van der Waals surface area contributed by atoms with Crippen LogP contribution in [0.1, 0.15) is 110 Å². The predicted molar refractivity (Wildman–Crippen MR) is 111 cm³/mol. The summed E-state index contributed by atoms with van der Waals surface area (Å²) in [6.07, 6.45) is 27.7.